The van der Waals surface area contributed by atoms with E-state index in [2.05, 4.69) is 33.0 Å². The first-order valence-electron chi connectivity index (χ1n) is 10.3. The summed E-state index contributed by atoms with van der Waals surface area (Å²) in [5, 5.41) is 2.71. The van der Waals surface area contributed by atoms with E-state index >= 15 is 0 Å². The van der Waals surface area contributed by atoms with E-state index in [1.165, 1.54) is 38.5 Å². The van der Waals surface area contributed by atoms with Crippen molar-refractivity contribution in [3.63, 3.8) is 0 Å². The molecule has 0 saturated heterocycles. The lowest BCUT2D eigenvalue weighted by molar-refractivity contribution is -0.258. The second kappa shape index (κ2) is 15.4. The van der Waals surface area contributed by atoms with Gasteiger partial charge >= 0.3 is 6.03 Å². The zero-order chi connectivity index (χ0) is 19.0. The Bertz CT molecular complexity index is 316. The molecule has 0 aliphatic rings. The van der Waals surface area contributed by atoms with Crippen LogP contribution in [0, 0.1) is 5.92 Å². The van der Waals surface area contributed by atoms with Crippen LogP contribution >= 0.6 is 0 Å². The molecule has 1 unspecified atom stereocenters. The van der Waals surface area contributed by atoms with Crippen molar-refractivity contribution in [1.82, 2.24) is 5.32 Å². The largest absolute Gasteiger partial charge is 0.352 e. The Kier molecular flexibility index (Phi) is 14.9. The van der Waals surface area contributed by atoms with Crippen molar-refractivity contribution >= 4 is 6.03 Å². The second-order valence-corrected chi connectivity index (χ2v) is 7.05. The maximum absolute atomic E-state index is 11.0. The highest BCUT2D eigenvalue weighted by atomic mass is 16.7. The van der Waals surface area contributed by atoms with Gasteiger partial charge in [-0.15, -0.1) is 0 Å². The summed E-state index contributed by atoms with van der Waals surface area (Å²) in [5.74, 6) is -0.335. The van der Waals surface area contributed by atoms with Gasteiger partial charge in [0.1, 0.15) is 0 Å². The van der Waals surface area contributed by atoms with Gasteiger partial charge in [0.2, 0.25) is 0 Å². The molecule has 0 aliphatic carbocycles. The maximum atomic E-state index is 11.0. The molecule has 0 radical (unpaired) electrons. The third-order valence-corrected chi connectivity index (χ3v) is 4.63. The van der Waals surface area contributed by atoms with Crippen molar-refractivity contribution in [3.05, 3.63) is 0 Å². The van der Waals surface area contributed by atoms with Gasteiger partial charge in [-0.1, -0.05) is 59.3 Å². The molecule has 0 aromatic heterocycles. The third-order valence-electron chi connectivity index (χ3n) is 4.63. The average Bonchev–Trinajstić information content (AvgIpc) is 2.59. The molecular weight excluding hydrogens is 316 g/mol. The summed E-state index contributed by atoms with van der Waals surface area (Å²) >= 11 is 0. The second-order valence-electron chi connectivity index (χ2n) is 7.05. The highest BCUT2D eigenvalue weighted by molar-refractivity contribution is 5.71. The van der Waals surface area contributed by atoms with Crippen LogP contribution in [0.15, 0.2) is 0 Å². The lowest BCUT2D eigenvalue weighted by atomic mass is 9.89. The highest BCUT2D eigenvalue weighted by Crippen LogP contribution is 2.31. The summed E-state index contributed by atoms with van der Waals surface area (Å²) in [7, 11) is 0. The smallest absolute Gasteiger partial charge is 0.312 e. The molecule has 150 valence electrons. The van der Waals surface area contributed by atoms with E-state index in [-0.39, 0.29) is 5.92 Å². The summed E-state index contributed by atoms with van der Waals surface area (Å²) < 4.78 is 12.3. The fourth-order valence-corrected chi connectivity index (χ4v) is 3.10. The summed E-state index contributed by atoms with van der Waals surface area (Å²) in [4.78, 5) is 11.0. The normalized spacial score (nSPS) is 13.0. The summed E-state index contributed by atoms with van der Waals surface area (Å²) in [6, 6.07) is -0.469. The number of hydrogen-bond acceptors (Lipinski definition) is 3. The first-order valence-corrected chi connectivity index (χ1v) is 10.3. The van der Waals surface area contributed by atoms with Gasteiger partial charge in [-0.05, 0) is 32.6 Å². The van der Waals surface area contributed by atoms with Crippen molar-refractivity contribution in [2.75, 3.05) is 19.8 Å². The van der Waals surface area contributed by atoms with E-state index in [1.807, 2.05) is 0 Å². The molecule has 0 fully saturated rings. The molecule has 1 atom stereocenters. The van der Waals surface area contributed by atoms with Gasteiger partial charge in [-0.3, -0.25) is 0 Å². The van der Waals surface area contributed by atoms with Gasteiger partial charge in [-0.2, -0.15) is 0 Å². The fourth-order valence-electron chi connectivity index (χ4n) is 3.10. The molecule has 2 amide bonds. The topological polar surface area (TPSA) is 73.6 Å². The lowest BCUT2D eigenvalue weighted by Crippen LogP contribution is -2.43. The van der Waals surface area contributed by atoms with Gasteiger partial charge in [0.05, 0.1) is 0 Å². The zero-order valence-electron chi connectivity index (χ0n) is 17.1. The Balaban J connectivity index is 4.67. The molecule has 0 bridgehead atoms. The molecule has 5 heteroatoms. The van der Waals surface area contributed by atoms with Crippen LogP contribution in [0.1, 0.15) is 91.9 Å². The molecule has 0 heterocycles. The van der Waals surface area contributed by atoms with Crippen LogP contribution in [-0.2, 0) is 9.47 Å². The van der Waals surface area contributed by atoms with Crippen LogP contribution in [0.25, 0.3) is 0 Å². The first-order chi connectivity index (χ1) is 12.0. The predicted octanol–water partition coefficient (Wildman–Crippen LogP) is 4.98. The first kappa shape index (κ1) is 24.2. The third kappa shape index (κ3) is 12.2. The van der Waals surface area contributed by atoms with Crippen LogP contribution in [-0.4, -0.2) is 31.6 Å². The molecule has 0 saturated carbocycles. The number of amides is 2. The number of carbonyl (C=O) groups is 1. The zero-order valence-corrected chi connectivity index (χ0v) is 17.1. The van der Waals surface area contributed by atoms with Crippen LogP contribution in [0.5, 0.6) is 0 Å². The quantitative estimate of drug-likeness (QED) is 0.284. The number of nitrogens with two attached hydrogens (primary N) is 1. The Labute approximate surface area is 155 Å². The highest BCUT2D eigenvalue weighted by Gasteiger charge is 2.35. The predicted molar refractivity (Wildman–Crippen MR) is 105 cm³/mol. The molecule has 0 aromatic carbocycles. The van der Waals surface area contributed by atoms with E-state index < -0.39 is 11.8 Å². The molecule has 3 N–H and O–H groups in total. The minimum Gasteiger partial charge on any atom is -0.352 e. The van der Waals surface area contributed by atoms with E-state index in [0.717, 1.165) is 25.7 Å². The summed E-state index contributed by atoms with van der Waals surface area (Å²) in [6.07, 6.45) is 11.4. The molecule has 0 rings (SSSR count). The van der Waals surface area contributed by atoms with Gasteiger partial charge in [-0.25, -0.2) is 4.79 Å². The molecule has 0 aromatic rings. The number of nitrogens with one attached hydrogen (secondary N) is 1. The molecule has 0 spiro atoms. The van der Waals surface area contributed by atoms with Crippen molar-refractivity contribution in [1.29, 1.82) is 0 Å². The standard InChI is InChI=1S/C20H42N2O3/c1-5-8-9-10-11-12-13-18(14-15-22-19(21)23)20(4,24-16-6-2)25-17-7-3/h18H,5-17H2,1-4H3,(H3,21,22,23). The number of primary amides is 1. The van der Waals surface area contributed by atoms with Gasteiger partial charge in [0.25, 0.3) is 0 Å². The van der Waals surface area contributed by atoms with Crippen molar-refractivity contribution in [2.24, 2.45) is 11.7 Å². The lowest BCUT2D eigenvalue weighted by Gasteiger charge is -2.38. The molecule has 25 heavy (non-hydrogen) atoms. The monoisotopic (exact) mass is 358 g/mol. The molecule has 5 nitrogen and oxygen atoms in total. The number of ether oxygens (including phenoxy) is 2. The Morgan fingerprint density at radius 2 is 1.48 bits per heavy atom. The van der Waals surface area contributed by atoms with Crippen LogP contribution < -0.4 is 11.1 Å². The molecule has 0 aliphatic heterocycles. The SMILES string of the molecule is CCCCCCCCC(CCNC(N)=O)C(C)(OCCC)OCCC. The van der Waals surface area contributed by atoms with Gasteiger partial charge in [0, 0.05) is 25.7 Å². The average molecular weight is 359 g/mol. The van der Waals surface area contributed by atoms with Crippen LogP contribution in [0.2, 0.25) is 0 Å². The maximum Gasteiger partial charge on any atom is 0.312 e. The van der Waals surface area contributed by atoms with E-state index in [1.54, 1.807) is 0 Å². The van der Waals surface area contributed by atoms with E-state index in [0.29, 0.717) is 19.8 Å². The number of urea groups is 1. The molecular formula is C20H42N2O3. The Hall–Kier alpha value is -0.810. The minimum absolute atomic E-state index is 0.253. The summed E-state index contributed by atoms with van der Waals surface area (Å²) in [6.45, 7) is 10.5. The van der Waals surface area contributed by atoms with Gasteiger partial charge in [0.15, 0.2) is 5.79 Å². The fraction of sp³-hybridized carbons (Fsp3) is 0.950. The van der Waals surface area contributed by atoms with Crippen molar-refractivity contribution in [2.45, 2.75) is 97.7 Å². The van der Waals surface area contributed by atoms with Crippen molar-refractivity contribution in [3.8, 4) is 0 Å². The van der Waals surface area contributed by atoms with Crippen molar-refractivity contribution < 1.29 is 14.3 Å². The van der Waals surface area contributed by atoms with Gasteiger partial charge < -0.3 is 20.5 Å². The number of rotatable bonds is 17. The number of hydrogen-bond donors (Lipinski definition) is 2. The summed E-state index contributed by atoms with van der Waals surface area (Å²) in [5.41, 5.74) is 5.20. The number of unbranched alkanes of at least 4 members (excludes halogenated alkanes) is 5. The van der Waals surface area contributed by atoms with E-state index in [9.17, 15) is 4.79 Å². The van der Waals surface area contributed by atoms with E-state index in [4.69, 9.17) is 15.2 Å². The number of carbonyl (C=O) groups excluding carboxylic acids is 1. The minimum atomic E-state index is -0.589. The van der Waals surface area contributed by atoms with Crippen LogP contribution in [0.4, 0.5) is 4.79 Å². The Morgan fingerprint density at radius 3 is 2.00 bits per heavy atom. The van der Waals surface area contributed by atoms with Crippen LogP contribution in [0.3, 0.4) is 0 Å². The Morgan fingerprint density at radius 1 is 0.920 bits per heavy atom.